The first kappa shape index (κ1) is 22.5. The standard InChI is InChI=1S/C21H32N4O2.ClH/c1-16-6-3-9-19(12-16)23-21(27)25-11-5-8-18(15-25)20(26)24-10-4-7-17(14-24)13-22-2;/h3,6,9,12,17-18,22H,4-5,7-8,10-11,13-15H2,1-2H3,(H,23,27);1H. The van der Waals surface area contributed by atoms with Gasteiger partial charge in [-0.15, -0.1) is 12.4 Å². The third-order valence-corrected chi connectivity index (χ3v) is 5.65. The maximum absolute atomic E-state index is 13.0. The number of anilines is 1. The van der Waals surface area contributed by atoms with Crippen LogP contribution in [0.5, 0.6) is 0 Å². The second-order valence-corrected chi connectivity index (χ2v) is 7.93. The van der Waals surface area contributed by atoms with E-state index in [-0.39, 0.29) is 30.3 Å². The Kier molecular flexibility index (Phi) is 8.58. The van der Waals surface area contributed by atoms with Gasteiger partial charge in [-0.3, -0.25) is 4.79 Å². The largest absolute Gasteiger partial charge is 0.342 e. The van der Waals surface area contributed by atoms with Crippen LogP contribution in [-0.2, 0) is 4.79 Å². The van der Waals surface area contributed by atoms with E-state index in [2.05, 4.69) is 10.6 Å². The van der Waals surface area contributed by atoms with Crippen LogP contribution in [0.25, 0.3) is 0 Å². The van der Waals surface area contributed by atoms with E-state index >= 15 is 0 Å². The van der Waals surface area contributed by atoms with Gasteiger partial charge in [0, 0.05) is 31.9 Å². The van der Waals surface area contributed by atoms with Crippen LogP contribution in [0.3, 0.4) is 0 Å². The number of amides is 3. The predicted molar refractivity (Wildman–Crippen MR) is 115 cm³/mol. The summed E-state index contributed by atoms with van der Waals surface area (Å²) in [6, 6.07) is 7.69. The van der Waals surface area contributed by atoms with Crippen molar-refractivity contribution in [2.24, 2.45) is 11.8 Å². The lowest BCUT2D eigenvalue weighted by Crippen LogP contribution is -2.50. The summed E-state index contributed by atoms with van der Waals surface area (Å²) < 4.78 is 0. The minimum absolute atomic E-state index is 0. The molecule has 0 bridgehead atoms. The lowest BCUT2D eigenvalue weighted by molar-refractivity contribution is -0.138. The zero-order valence-electron chi connectivity index (χ0n) is 16.9. The number of nitrogens with one attached hydrogen (secondary N) is 2. The minimum atomic E-state index is -0.107. The van der Waals surface area contributed by atoms with Gasteiger partial charge in [-0.2, -0.15) is 0 Å². The lowest BCUT2D eigenvalue weighted by atomic mass is 9.93. The van der Waals surface area contributed by atoms with Gasteiger partial charge in [0.1, 0.15) is 0 Å². The molecule has 3 amide bonds. The van der Waals surface area contributed by atoms with Crippen LogP contribution in [-0.4, -0.2) is 61.5 Å². The maximum atomic E-state index is 13.0. The van der Waals surface area contributed by atoms with Crippen molar-refractivity contribution >= 4 is 30.0 Å². The van der Waals surface area contributed by atoms with Gasteiger partial charge in [0.25, 0.3) is 0 Å². The Morgan fingerprint density at radius 1 is 1.11 bits per heavy atom. The highest BCUT2D eigenvalue weighted by Gasteiger charge is 2.33. The van der Waals surface area contributed by atoms with Crippen LogP contribution in [0.15, 0.2) is 24.3 Å². The van der Waals surface area contributed by atoms with Gasteiger partial charge in [-0.1, -0.05) is 12.1 Å². The molecule has 2 aliphatic heterocycles. The molecule has 2 atom stereocenters. The molecule has 0 saturated carbocycles. The summed E-state index contributed by atoms with van der Waals surface area (Å²) in [5.74, 6) is 0.691. The molecule has 2 saturated heterocycles. The second kappa shape index (κ2) is 10.7. The fraction of sp³-hybridized carbons (Fsp3) is 0.619. The zero-order valence-corrected chi connectivity index (χ0v) is 17.8. The molecule has 3 rings (SSSR count). The number of halogens is 1. The van der Waals surface area contributed by atoms with E-state index in [0.29, 0.717) is 19.0 Å². The molecule has 2 aliphatic rings. The second-order valence-electron chi connectivity index (χ2n) is 7.93. The predicted octanol–water partition coefficient (Wildman–Crippen LogP) is 3.12. The number of nitrogens with zero attached hydrogens (tertiary/aromatic N) is 2. The summed E-state index contributed by atoms with van der Waals surface area (Å²) in [4.78, 5) is 29.5. The number of hydrogen-bond acceptors (Lipinski definition) is 3. The van der Waals surface area contributed by atoms with E-state index in [9.17, 15) is 9.59 Å². The fourth-order valence-electron chi connectivity index (χ4n) is 4.27. The Hall–Kier alpha value is -1.79. The lowest BCUT2D eigenvalue weighted by Gasteiger charge is -2.38. The quantitative estimate of drug-likeness (QED) is 0.804. The van der Waals surface area contributed by atoms with Crippen LogP contribution >= 0.6 is 12.4 Å². The third kappa shape index (κ3) is 5.85. The fourth-order valence-corrected chi connectivity index (χ4v) is 4.27. The molecule has 6 nitrogen and oxygen atoms in total. The number of rotatable bonds is 4. The normalized spacial score (nSPS) is 22.4. The molecule has 2 N–H and O–H groups in total. The molecular weight excluding hydrogens is 376 g/mol. The number of piperidine rings is 2. The Bertz CT molecular complexity index is 668. The number of carbonyl (C=O) groups excluding carboxylic acids is 2. The number of aryl methyl sites for hydroxylation is 1. The maximum Gasteiger partial charge on any atom is 0.321 e. The van der Waals surface area contributed by atoms with Gasteiger partial charge in [0.15, 0.2) is 0 Å². The highest BCUT2D eigenvalue weighted by molar-refractivity contribution is 5.90. The van der Waals surface area contributed by atoms with Crippen molar-refractivity contribution in [3.05, 3.63) is 29.8 Å². The molecular formula is C21H33ClN4O2. The van der Waals surface area contributed by atoms with E-state index in [1.165, 1.54) is 6.42 Å². The van der Waals surface area contributed by atoms with Gasteiger partial charge in [0.05, 0.1) is 5.92 Å². The molecule has 2 heterocycles. The molecule has 0 radical (unpaired) electrons. The highest BCUT2D eigenvalue weighted by Crippen LogP contribution is 2.23. The summed E-state index contributed by atoms with van der Waals surface area (Å²) in [6.07, 6.45) is 4.01. The summed E-state index contributed by atoms with van der Waals surface area (Å²) in [5, 5.41) is 6.20. The van der Waals surface area contributed by atoms with Gasteiger partial charge >= 0.3 is 6.03 Å². The first-order valence-corrected chi connectivity index (χ1v) is 10.1. The third-order valence-electron chi connectivity index (χ3n) is 5.65. The number of hydrogen-bond donors (Lipinski definition) is 2. The van der Waals surface area contributed by atoms with E-state index in [0.717, 1.165) is 50.1 Å². The number of carbonyl (C=O) groups is 2. The van der Waals surface area contributed by atoms with Crippen molar-refractivity contribution in [3.8, 4) is 0 Å². The Balaban J connectivity index is 0.00000280. The summed E-state index contributed by atoms with van der Waals surface area (Å²) in [5.41, 5.74) is 1.92. The smallest absolute Gasteiger partial charge is 0.321 e. The van der Waals surface area contributed by atoms with Crippen LogP contribution in [0, 0.1) is 18.8 Å². The molecule has 1 aromatic carbocycles. The monoisotopic (exact) mass is 408 g/mol. The van der Waals surface area contributed by atoms with Gasteiger partial charge in [-0.05, 0) is 69.8 Å². The Morgan fingerprint density at radius 2 is 1.86 bits per heavy atom. The molecule has 2 fully saturated rings. The van der Waals surface area contributed by atoms with Crippen molar-refractivity contribution in [1.29, 1.82) is 0 Å². The molecule has 7 heteroatoms. The van der Waals surface area contributed by atoms with E-state index < -0.39 is 0 Å². The van der Waals surface area contributed by atoms with Gasteiger partial charge in [0.2, 0.25) is 5.91 Å². The first-order valence-electron chi connectivity index (χ1n) is 10.1. The molecule has 28 heavy (non-hydrogen) atoms. The molecule has 1 aromatic rings. The Morgan fingerprint density at radius 3 is 2.61 bits per heavy atom. The average molecular weight is 409 g/mol. The summed E-state index contributed by atoms with van der Waals surface area (Å²) in [6.45, 7) is 5.88. The zero-order chi connectivity index (χ0) is 19.2. The van der Waals surface area contributed by atoms with Gasteiger partial charge in [-0.25, -0.2) is 4.79 Å². The topological polar surface area (TPSA) is 64.7 Å². The van der Waals surface area contributed by atoms with E-state index in [1.807, 2.05) is 43.1 Å². The highest BCUT2D eigenvalue weighted by atomic mass is 35.5. The number of likely N-dealkylation sites (tertiary alicyclic amines) is 2. The average Bonchev–Trinajstić information content (AvgIpc) is 2.68. The molecule has 0 spiro atoms. The van der Waals surface area contributed by atoms with Crippen molar-refractivity contribution in [2.75, 3.05) is 45.1 Å². The number of urea groups is 1. The summed E-state index contributed by atoms with van der Waals surface area (Å²) >= 11 is 0. The van der Waals surface area contributed by atoms with E-state index in [4.69, 9.17) is 0 Å². The van der Waals surface area contributed by atoms with Crippen molar-refractivity contribution in [1.82, 2.24) is 15.1 Å². The van der Waals surface area contributed by atoms with Crippen LogP contribution in [0.1, 0.15) is 31.2 Å². The van der Waals surface area contributed by atoms with Crippen molar-refractivity contribution in [2.45, 2.75) is 32.6 Å². The van der Waals surface area contributed by atoms with Crippen molar-refractivity contribution in [3.63, 3.8) is 0 Å². The van der Waals surface area contributed by atoms with Crippen molar-refractivity contribution < 1.29 is 9.59 Å². The Labute approximate surface area is 174 Å². The first-order chi connectivity index (χ1) is 13.1. The minimum Gasteiger partial charge on any atom is -0.342 e. The molecule has 0 aromatic heterocycles. The molecule has 0 aliphatic carbocycles. The molecule has 2 unspecified atom stereocenters. The SMILES string of the molecule is CNCC1CCCN(C(=O)C2CCCN(C(=O)Nc3cccc(C)c3)C2)C1.Cl. The van der Waals surface area contributed by atoms with Gasteiger partial charge < -0.3 is 20.4 Å². The van der Waals surface area contributed by atoms with Crippen LogP contribution < -0.4 is 10.6 Å². The summed E-state index contributed by atoms with van der Waals surface area (Å²) in [7, 11) is 1.96. The number of benzene rings is 1. The molecule has 156 valence electrons. The van der Waals surface area contributed by atoms with Crippen LogP contribution in [0.4, 0.5) is 10.5 Å². The van der Waals surface area contributed by atoms with E-state index in [1.54, 1.807) is 4.90 Å². The van der Waals surface area contributed by atoms with Crippen LogP contribution in [0.2, 0.25) is 0 Å².